The van der Waals surface area contributed by atoms with E-state index in [1.54, 1.807) is 12.1 Å². The quantitative estimate of drug-likeness (QED) is 0.402. The lowest BCUT2D eigenvalue weighted by Crippen LogP contribution is -2.25. The number of hydrogen-bond donors (Lipinski definition) is 5. The highest BCUT2D eigenvalue weighted by Crippen LogP contribution is 2.39. The minimum Gasteiger partial charge on any atom is -0.506 e. The van der Waals surface area contributed by atoms with Crippen LogP contribution in [0.2, 0.25) is 0 Å². The fourth-order valence-corrected chi connectivity index (χ4v) is 2.64. The molecule has 0 saturated heterocycles. The van der Waals surface area contributed by atoms with E-state index < -0.39 is 0 Å². The molecule has 0 radical (unpaired) electrons. The highest BCUT2D eigenvalue weighted by Gasteiger charge is 2.20. The molecule has 0 amide bonds. The Morgan fingerprint density at radius 2 is 1.75 bits per heavy atom. The third-order valence-corrected chi connectivity index (χ3v) is 3.71. The molecule has 1 aliphatic rings. The van der Waals surface area contributed by atoms with Gasteiger partial charge in [0.05, 0.1) is 5.69 Å². The molecule has 0 spiro atoms. The van der Waals surface area contributed by atoms with Gasteiger partial charge in [-0.05, 0) is 53.4 Å². The first-order valence-electron chi connectivity index (χ1n) is 6.44. The maximum absolute atomic E-state index is 9.98. The molecule has 0 fully saturated rings. The Hall–Kier alpha value is -2.40. The van der Waals surface area contributed by atoms with Crippen LogP contribution in [0.25, 0.3) is 11.1 Å². The van der Waals surface area contributed by atoms with Crippen molar-refractivity contribution in [2.75, 3.05) is 12.3 Å². The summed E-state index contributed by atoms with van der Waals surface area (Å²) >= 11 is 0. The van der Waals surface area contributed by atoms with Crippen LogP contribution in [0.3, 0.4) is 0 Å². The van der Waals surface area contributed by atoms with Crippen LogP contribution in [-0.4, -0.2) is 21.9 Å². The van der Waals surface area contributed by atoms with Gasteiger partial charge in [0.2, 0.25) is 0 Å². The SMILES string of the molecule is Nc1c(O)cc(-c2ccc(O)c(O)c2)c2c1CNCC2. The fraction of sp³-hybridized carbons (Fsp3) is 0.200. The monoisotopic (exact) mass is 272 g/mol. The molecule has 0 saturated carbocycles. The van der Waals surface area contributed by atoms with Gasteiger partial charge in [-0.3, -0.25) is 0 Å². The molecule has 0 atom stereocenters. The Kier molecular flexibility index (Phi) is 2.91. The molecule has 2 aromatic carbocycles. The molecule has 104 valence electrons. The number of benzene rings is 2. The second-order valence-electron chi connectivity index (χ2n) is 4.94. The lowest BCUT2D eigenvalue weighted by Gasteiger charge is -2.23. The van der Waals surface area contributed by atoms with Gasteiger partial charge in [0.15, 0.2) is 11.5 Å². The molecule has 6 N–H and O–H groups in total. The summed E-state index contributed by atoms with van der Waals surface area (Å²) in [5.74, 6) is -0.305. The third kappa shape index (κ3) is 1.92. The average molecular weight is 272 g/mol. The summed E-state index contributed by atoms with van der Waals surface area (Å²) in [6.07, 6.45) is 0.802. The topological polar surface area (TPSA) is 98.7 Å². The van der Waals surface area contributed by atoms with E-state index in [1.165, 1.54) is 12.1 Å². The smallest absolute Gasteiger partial charge is 0.158 e. The number of aromatic hydroxyl groups is 3. The van der Waals surface area contributed by atoms with Crippen LogP contribution in [0.5, 0.6) is 17.2 Å². The van der Waals surface area contributed by atoms with Crippen LogP contribution in [-0.2, 0) is 13.0 Å². The van der Waals surface area contributed by atoms with Crippen molar-refractivity contribution < 1.29 is 15.3 Å². The number of nitrogen functional groups attached to an aromatic ring is 1. The molecule has 20 heavy (non-hydrogen) atoms. The second-order valence-corrected chi connectivity index (χ2v) is 4.94. The van der Waals surface area contributed by atoms with Crippen molar-refractivity contribution in [1.82, 2.24) is 5.32 Å². The molecule has 0 aromatic heterocycles. The second kappa shape index (κ2) is 4.61. The van der Waals surface area contributed by atoms with E-state index in [2.05, 4.69) is 5.32 Å². The van der Waals surface area contributed by atoms with Gasteiger partial charge < -0.3 is 26.4 Å². The number of anilines is 1. The van der Waals surface area contributed by atoms with Crippen LogP contribution in [0.15, 0.2) is 24.3 Å². The Balaban J connectivity index is 2.22. The van der Waals surface area contributed by atoms with Crippen LogP contribution in [0.1, 0.15) is 11.1 Å². The Bertz CT molecular complexity index is 683. The van der Waals surface area contributed by atoms with Gasteiger partial charge in [0, 0.05) is 6.54 Å². The first kappa shape index (κ1) is 12.6. The summed E-state index contributed by atoms with van der Waals surface area (Å²) in [4.78, 5) is 0. The van der Waals surface area contributed by atoms with Gasteiger partial charge in [0.1, 0.15) is 5.75 Å². The van der Waals surface area contributed by atoms with E-state index in [4.69, 9.17) is 5.73 Å². The third-order valence-electron chi connectivity index (χ3n) is 3.71. The first-order chi connectivity index (χ1) is 9.58. The van der Waals surface area contributed by atoms with Crippen molar-refractivity contribution in [3.05, 3.63) is 35.4 Å². The lowest BCUT2D eigenvalue weighted by molar-refractivity contribution is 0.404. The number of phenols is 3. The van der Waals surface area contributed by atoms with Crippen LogP contribution >= 0.6 is 0 Å². The van der Waals surface area contributed by atoms with Crippen molar-refractivity contribution in [2.24, 2.45) is 0 Å². The molecule has 0 bridgehead atoms. The summed E-state index contributed by atoms with van der Waals surface area (Å²) < 4.78 is 0. The van der Waals surface area contributed by atoms with Crippen LogP contribution in [0.4, 0.5) is 5.69 Å². The molecular formula is C15H16N2O3. The predicted molar refractivity (Wildman–Crippen MR) is 76.7 cm³/mol. The standard InChI is InChI=1S/C15H16N2O3/c16-15-11-7-17-4-3-9(11)10(6-14(15)20)8-1-2-12(18)13(19)5-8/h1-2,5-6,17-20H,3-4,7,16H2. The Morgan fingerprint density at radius 1 is 0.950 bits per heavy atom. The average Bonchev–Trinajstić information content (AvgIpc) is 2.46. The molecule has 1 aliphatic heterocycles. The van der Waals surface area contributed by atoms with E-state index in [0.717, 1.165) is 35.2 Å². The maximum atomic E-state index is 9.98. The van der Waals surface area contributed by atoms with Crippen molar-refractivity contribution in [2.45, 2.75) is 13.0 Å². The Morgan fingerprint density at radius 3 is 2.50 bits per heavy atom. The summed E-state index contributed by atoms with van der Waals surface area (Å²) in [5.41, 5.74) is 9.88. The van der Waals surface area contributed by atoms with Gasteiger partial charge in [0.25, 0.3) is 0 Å². The molecular weight excluding hydrogens is 256 g/mol. The predicted octanol–water partition coefficient (Wildman–Crippen LogP) is 1.70. The minimum atomic E-state index is -0.179. The fourth-order valence-electron chi connectivity index (χ4n) is 2.64. The Labute approximate surface area is 116 Å². The van der Waals surface area contributed by atoms with Gasteiger partial charge >= 0.3 is 0 Å². The summed E-state index contributed by atoms with van der Waals surface area (Å²) in [6.45, 7) is 1.46. The summed E-state index contributed by atoms with van der Waals surface area (Å²) in [6, 6.07) is 6.25. The largest absolute Gasteiger partial charge is 0.506 e. The number of nitrogens with one attached hydrogen (secondary N) is 1. The highest BCUT2D eigenvalue weighted by atomic mass is 16.3. The van der Waals surface area contributed by atoms with E-state index in [0.29, 0.717) is 12.2 Å². The molecule has 0 unspecified atom stereocenters. The zero-order valence-electron chi connectivity index (χ0n) is 10.8. The van der Waals surface area contributed by atoms with Gasteiger partial charge in [-0.15, -0.1) is 0 Å². The van der Waals surface area contributed by atoms with Gasteiger partial charge in [-0.1, -0.05) is 6.07 Å². The normalized spacial score (nSPS) is 14.0. The van der Waals surface area contributed by atoms with E-state index in [1.807, 2.05) is 0 Å². The highest BCUT2D eigenvalue weighted by molar-refractivity contribution is 5.78. The molecule has 5 nitrogen and oxygen atoms in total. The van der Waals surface area contributed by atoms with Gasteiger partial charge in [-0.25, -0.2) is 0 Å². The summed E-state index contributed by atoms with van der Waals surface area (Å²) in [7, 11) is 0. The lowest BCUT2D eigenvalue weighted by atomic mass is 9.89. The minimum absolute atomic E-state index is 0.0371. The first-order valence-corrected chi connectivity index (χ1v) is 6.44. The van der Waals surface area contributed by atoms with Crippen molar-refractivity contribution in [1.29, 1.82) is 0 Å². The number of phenolic OH excluding ortho intramolecular Hbond substituents is 3. The van der Waals surface area contributed by atoms with Crippen LogP contribution < -0.4 is 11.1 Å². The number of rotatable bonds is 1. The van der Waals surface area contributed by atoms with Crippen molar-refractivity contribution >= 4 is 5.69 Å². The molecule has 3 rings (SSSR count). The molecule has 2 aromatic rings. The molecule has 1 heterocycles. The van der Waals surface area contributed by atoms with Crippen molar-refractivity contribution in [3.63, 3.8) is 0 Å². The van der Waals surface area contributed by atoms with Gasteiger partial charge in [-0.2, -0.15) is 0 Å². The maximum Gasteiger partial charge on any atom is 0.158 e. The molecule has 0 aliphatic carbocycles. The van der Waals surface area contributed by atoms with E-state index in [-0.39, 0.29) is 17.2 Å². The van der Waals surface area contributed by atoms with E-state index in [9.17, 15) is 15.3 Å². The zero-order valence-corrected chi connectivity index (χ0v) is 10.8. The number of fused-ring (bicyclic) bond motifs is 1. The molecule has 5 heteroatoms. The number of nitrogens with two attached hydrogens (primary N) is 1. The van der Waals surface area contributed by atoms with E-state index >= 15 is 0 Å². The summed E-state index contributed by atoms with van der Waals surface area (Å²) in [5, 5.41) is 32.2. The number of hydrogen-bond acceptors (Lipinski definition) is 5. The zero-order chi connectivity index (χ0) is 14.3. The van der Waals surface area contributed by atoms with Crippen LogP contribution in [0, 0.1) is 0 Å². The van der Waals surface area contributed by atoms with Crippen molar-refractivity contribution in [3.8, 4) is 28.4 Å².